The lowest BCUT2D eigenvalue weighted by molar-refractivity contribution is 0.0518. The zero-order valence-electron chi connectivity index (χ0n) is 10.3. The van der Waals surface area contributed by atoms with Gasteiger partial charge in [0.05, 0.1) is 19.1 Å². The van der Waals surface area contributed by atoms with Gasteiger partial charge in [0.2, 0.25) is 11.7 Å². The highest BCUT2D eigenvalue weighted by Gasteiger charge is 2.32. The van der Waals surface area contributed by atoms with Crippen LogP contribution in [0.1, 0.15) is 44.0 Å². The molecular weight excluding hydrogens is 222 g/mol. The molecule has 96 valence electrons. The van der Waals surface area contributed by atoms with E-state index in [4.69, 9.17) is 19.7 Å². The molecule has 1 aliphatic rings. The Hall–Kier alpha value is -0.980. The topological polar surface area (TPSA) is 83.4 Å². The van der Waals surface area contributed by atoms with Crippen LogP contribution >= 0.6 is 0 Å². The van der Waals surface area contributed by atoms with Gasteiger partial charge in [-0.2, -0.15) is 4.98 Å². The predicted octanol–water partition coefficient (Wildman–Crippen LogP) is 0.998. The maximum absolute atomic E-state index is 5.90. The maximum Gasteiger partial charge on any atom is 0.233 e. The van der Waals surface area contributed by atoms with Crippen LogP contribution < -0.4 is 5.73 Å². The Morgan fingerprint density at radius 1 is 1.47 bits per heavy atom. The largest absolute Gasteiger partial charge is 0.379 e. The van der Waals surface area contributed by atoms with Gasteiger partial charge in [0.15, 0.2) is 0 Å². The molecule has 3 unspecified atom stereocenters. The highest BCUT2D eigenvalue weighted by atomic mass is 16.5. The van der Waals surface area contributed by atoms with Crippen LogP contribution in [0.15, 0.2) is 4.52 Å². The van der Waals surface area contributed by atoms with Crippen molar-refractivity contribution in [1.29, 1.82) is 0 Å². The van der Waals surface area contributed by atoms with Crippen LogP contribution in [0.2, 0.25) is 0 Å². The molecule has 1 fully saturated rings. The fourth-order valence-electron chi connectivity index (χ4n) is 1.93. The van der Waals surface area contributed by atoms with E-state index in [2.05, 4.69) is 10.1 Å². The van der Waals surface area contributed by atoms with E-state index < -0.39 is 0 Å². The number of hydrogen-bond acceptors (Lipinski definition) is 6. The maximum atomic E-state index is 5.90. The Kier molecular flexibility index (Phi) is 4.09. The lowest BCUT2D eigenvalue weighted by atomic mass is 10.1. The van der Waals surface area contributed by atoms with Gasteiger partial charge in [0.1, 0.15) is 6.10 Å². The second-order valence-corrected chi connectivity index (χ2v) is 4.15. The van der Waals surface area contributed by atoms with Crippen LogP contribution in [0.4, 0.5) is 0 Å². The number of ether oxygens (including phenoxy) is 2. The molecule has 0 radical (unpaired) electrons. The zero-order chi connectivity index (χ0) is 12.3. The van der Waals surface area contributed by atoms with Crippen molar-refractivity contribution in [3.63, 3.8) is 0 Å². The van der Waals surface area contributed by atoms with Crippen molar-refractivity contribution >= 4 is 0 Å². The standard InChI is InChI=1S/C11H19N3O3/c1-3-9(16-4-2)10-13-11(17-14-10)7-5-15-6-8(7)12/h7-9H,3-6,12H2,1-2H3. The van der Waals surface area contributed by atoms with Crippen molar-refractivity contribution < 1.29 is 14.0 Å². The first kappa shape index (κ1) is 12.5. The quantitative estimate of drug-likeness (QED) is 0.828. The van der Waals surface area contributed by atoms with Crippen molar-refractivity contribution in [2.75, 3.05) is 19.8 Å². The predicted molar refractivity (Wildman–Crippen MR) is 60.5 cm³/mol. The Morgan fingerprint density at radius 2 is 2.29 bits per heavy atom. The molecule has 2 N–H and O–H groups in total. The third-order valence-corrected chi connectivity index (χ3v) is 2.93. The summed E-state index contributed by atoms with van der Waals surface area (Å²) in [6, 6.07) is -0.0597. The van der Waals surface area contributed by atoms with E-state index in [1.165, 1.54) is 0 Å². The van der Waals surface area contributed by atoms with Crippen molar-refractivity contribution in [1.82, 2.24) is 10.1 Å². The highest BCUT2D eigenvalue weighted by molar-refractivity contribution is 5.02. The smallest absolute Gasteiger partial charge is 0.233 e. The minimum absolute atomic E-state index is 0.00961. The van der Waals surface area contributed by atoms with Gasteiger partial charge in [-0.1, -0.05) is 12.1 Å². The molecule has 0 spiro atoms. The van der Waals surface area contributed by atoms with E-state index in [-0.39, 0.29) is 18.1 Å². The Labute approximate surface area is 100 Å². The molecular formula is C11H19N3O3. The number of aromatic nitrogens is 2. The van der Waals surface area contributed by atoms with Crippen LogP contribution in [-0.2, 0) is 9.47 Å². The van der Waals surface area contributed by atoms with Crippen LogP contribution in [0.3, 0.4) is 0 Å². The molecule has 17 heavy (non-hydrogen) atoms. The van der Waals surface area contributed by atoms with Gasteiger partial charge in [-0.3, -0.25) is 0 Å². The molecule has 0 aliphatic carbocycles. The minimum atomic E-state index is -0.101. The molecule has 0 aromatic carbocycles. The number of nitrogens with zero attached hydrogens (tertiary/aromatic N) is 2. The molecule has 6 heteroatoms. The monoisotopic (exact) mass is 241 g/mol. The molecule has 0 amide bonds. The average Bonchev–Trinajstić information content (AvgIpc) is 2.94. The summed E-state index contributed by atoms with van der Waals surface area (Å²) in [6.07, 6.45) is 0.719. The van der Waals surface area contributed by atoms with E-state index in [0.717, 1.165) is 6.42 Å². The fraction of sp³-hybridized carbons (Fsp3) is 0.818. The van der Waals surface area contributed by atoms with Crippen molar-refractivity contribution in [3.8, 4) is 0 Å². The second kappa shape index (κ2) is 5.57. The SMILES string of the molecule is CCOC(CC)c1noc(C2COCC2N)n1. The number of nitrogens with two attached hydrogens (primary N) is 1. The second-order valence-electron chi connectivity index (χ2n) is 4.15. The Bertz CT molecular complexity index is 355. The molecule has 6 nitrogen and oxygen atoms in total. The molecule has 1 aromatic heterocycles. The van der Waals surface area contributed by atoms with Gasteiger partial charge in [-0.25, -0.2) is 0 Å². The lowest BCUT2D eigenvalue weighted by Gasteiger charge is -2.09. The van der Waals surface area contributed by atoms with E-state index in [0.29, 0.717) is 31.5 Å². The van der Waals surface area contributed by atoms with Crippen LogP contribution in [-0.4, -0.2) is 36.0 Å². The minimum Gasteiger partial charge on any atom is -0.379 e. The summed E-state index contributed by atoms with van der Waals surface area (Å²) in [5.41, 5.74) is 5.90. The number of rotatable bonds is 5. The summed E-state index contributed by atoms with van der Waals surface area (Å²) in [7, 11) is 0. The van der Waals surface area contributed by atoms with Gasteiger partial charge in [0.25, 0.3) is 0 Å². The summed E-state index contributed by atoms with van der Waals surface area (Å²) < 4.78 is 16.1. The summed E-state index contributed by atoms with van der Waals surface area (Å²) >= 11 is 0. The van der Waals surface area contributed by atoms with Crippen molar-refractivity contribution in [2.24, 2.45) is 5.73 Å². The van der Waals surface area contributed by atoms with Crippen molar-refractivity contribution in [2.45, 2.75) is 38.3 Å². The molecule has 1 aromatic rings. The van der Waals surface area contributed by atoms with E-state index in [1.54, 1.807) is 0 Å². The Morgan fingerprint density at radius 3 is 2.88 bits per heavy atom. The average molecular weight is 241 g/mol. The van der Waals surface area contributed by atoms with Gasteiger partial charge >= 0.3 is 0 Å². The first-order valence-electron chi connectivity index (χ1n) is 6.04. The van der Waals surface area contributed by atoms with Gasteiger partial charge in [-0.05, 0) is 13.3 Å². The fourth-order valence-corrected chi connectivity index (χ4v) is 1.93. The van der Waals surface area contributed by atoms with Gasteiger partial charge in [-0.15, -0.1) is 0 Å². The highest BCUT2D eigenvalue weighted by Crippen LogP contribution is 2.25. The van der Waals surface area contributed by atoms with Crippen LogP contribution in [0.5, 0.6) is 0 Å². The van der Waals surface area contributed by atoms with Crippen LogP contribution in [0.25, 0.3) is 0 Å². The lowest BCUT2D eigenvalue weighted by Crippen LogP contribution is -2.27. The van der Waals surface area contributed by atoms with E-state index >= 15 is 0 Å². The molecule has 1 aliphatic heterocycles. The van der Waals surface area contributed by atoms with E-state index in [1.807, 2.05) is 13.8 Å². The summed E-state index contributed by atoms with van der Waals surface area (Å²) in [5, 5.41) is 3.96. The molecule has 0 saturated carbocycles. The van der Waals surface area contributed by atoms with Crippen LogP contribution in [0, 0.1) is 0 Å². The molecule has 2 heterocycles. The van der Waals surface area contributed by atoms with Gasteiger partial charge < -0.3 is 19.7 Å². The number of hydrogen-bond donors (Lipinski definition) is 1. The van der Waals surface area contributed by atoms with Gasteiger partial charge in [0, 0.05) is 12.6 Å². The molecule has 0 bridgehead atoms. The molecule has 1 saturated heterocycles. The first-order chi connectivity index (χ1) is 8.26. The first-order valence-corrected chi connectivity index (χ1v) is 6.04. The Balaban J connectivity index is 2.09. The summed E-state index contributed by atoms with van der Waals surface area (Å²) in [6.45, 7) is 5.71. The zero-order valence-corrected chi connectivity index (χ0v) is 10.3. The molecule has 3 atom stereocenters. The normalized spacial score (nSPS) is 26.3. The third-order valence-electron chi connectivity index (χ3n) is 2.93. The molecule has 2 rings (SSSR count). The summed E-state index contributed by atoms with van der Waals surface area (Å²) in [5.74, 6) is 1.17. The van der Waals surface area contributed by atoms with Crippen molar-refractivity contribution in [3.05, 3.63) is 11.7 Å². The summed E-state index contributed by atoms with van der Waals surface area (Å²) in [4.78, 5) is 4.37. The third kappa shape index (κ3) is 2.65. The van der Waals surface area contributed by atoms with E-state index in [9.17, 15) is 0 Å².